The molecule has 3 atom stereocenters. The van der Waals surface area contributed by atoms with Gasteiger partial charge in [-0.1, -0.05) is 36.8 Å². The van der Waals surface area contributed by atoms with Gasteiger partial charge in [-0.05, 0) is 34.1 Å². The molecule has 0 N–H and O–H groups in total. The Balaban J connectivity index is 2.14. The summed E-state index contributed by atoms with van der Waals surface area (Å²) in [6.45, 7) is 9.14. The Morgan fingerprint density at radius 1 is 1.16 bits per heavy atom. The molecule has 1 saturated carbocycles. The molecule has 3 rings (SSSR count). The number of hydrogen-bond donors (Lipinski definition) is 0. The fourth-order valence-electron chi connectivity index (χ4n) is 4.87. The van der Waals surface area contributed by atoms with E-state index < -0.39 is 34.3 Å². The number of esters is 2. The van der Waals surface area contributed by atoms with Crippen molar-refractivity contribution in [2.24, 2.45) is 16.7 Å². The number of carbonyl (C=O) groups is 3. The normalized spacial score (nSPS) is 31.9. The first-order chi connectivity index (χ1) is 11.7. The monoisotopic (exact) mass is 344 g/mol. The van der Waals surface area contributed by atoms with Crippen molar-refractivity contribution >= 4 is 17.7 Å². The van der Waals surface area contributed by atoms with Crippen LogP contribution in [0.1, 0.15) is 50.0 Å². The molecule has 0 bridgehead atoms. The van der Waals surface area contributed by atoms with Crippen LogP contribution in [0.4, 0.5) is 0 Å². The summed E-state index contributed by atoms with van der Waals surface area (Å²) in [6.07, 6.45) is 0.377. The molecule has 1 heterocycles. The molecule has 0 amide bonds. The molecule has 134 valence electrons. The maximum Gasteiger partial charge on any atom is 0.325 e. The average Bonchev–Trinajstić information content (AvgIpc) is 3.15. The van der Waals surface area contributed by atoms with Crippen LogP contribution in [0, 0.1) is 23.7 Å². The van der Waals surface area contributed by atoms with Gasteiger partial charge in [0.2, 0.25) is 0 Å². The Hall–Kier alpha value is -2.17. The Kier molecular flexibility index (Phi) is 3.82. The first-order valence-corrected chi connectivity index (χ1v) is 8.72. The van der Waals surface area contributed by atoms with E-state index in [1.807, 2.05) is 26.0 Å². The lowest BCUT2D eigenvalue weighted by Crippen LogP contribution is -2.40. The number of aryl methyl sites for hydroxylation is 1. The minimum atomic E-state index is -1.52. The van der Waals surface area contributed by atoms with E-state index in [1.54, 1.807) is 32.9 Å². The fourth-order valence-corrected chi connectivity index (χ4v) is 4.87. The quantitative estimate of drug-likeness (QED) is 0.466. The molecule has 1 saturated heterocycles. The van der Waals surface area contributed by atoms with E-state index in [-0.39, 0.29) is 12.4 Å². The van der Waals surface area contributed by atoms with Crippen LogP contribution in [0.25, 0.3) is 0 Å². The van der Waals surface area contributed by atoms with Gasteiger partial charge in [0.25, 0.3) is 0 Å². The van der Waals surface area contributed by atoms with Crippen LogP contribution in [0.5, 0.6) is 0 Å². The zero-order valence-electron chi connectivity index (χ0n) is 15.3. The predicted molar refractivity (Wildman–Crippen MR) is 91.0 cm³/mol. The lowest BCUT2D eigenvalue weighted by Gasteiger charge is -2.28. The highest BCUT2D eigenvalue weighted by Crippen LogP contribution is 2.80. The van der Waals surface area contributed by atoms with Crippen LogP contribution in [-0.4, -0.2) is 29.9 Å². The Bertz CT molecular complexity index is 748. The molecule has 0 radical (unpaired) electrons. The molecule has 1 aliphatic heterocycles. The zero-order valence-corrected chi connectivity index (χ0v) is 15.3. The minimum absolute atomic E-state index is 0.152. The molecule has 1 aliphatic carbocycles. The number of ether oxygens (including phenoxy) is 2. The van der Waals surface area contributed by atoms with Crippen molar-refractivity contribution in [2.75, 3.05) is 6.61 Å². The van der Waals surface area contributed by atoms with Crippen LogP contribution in [0.15, 0.2) is 24.3 Å². The molecule has 2 aliphatic rings. The molecule has 0 aromatic heterocycles. The second-order valence-electron chi connectivity index (χ2n) is 7.47. The van der Waals surface area contributed by atoms with Crippen LogP contribution in [0.3, 0.4) is 0 Å². The number of fused-ring (bicyclic) bond motifs is 1. The van der Waals surface area contributed by atoms with E-state index in [9.17, 15) is 14.4 Å². The Morgan fingerprint density at radius 3 is 2.28 bits per heavy atom. The lowest BCUT2D eigenvalue weighted by atomic mass is 9.81. The van der Waals surface area contributed by atoms with Crippen molar-refractivity contribution in [1.82, 2.24) is 0 Å². The molecular weight excluding hydrogens is 320 g/mol. The van der Waals surface area contributed by atoms with Gasteiger partial charge >= 0.3 is 11.9 Å². The second kappa shape index (κ2) is 5.41. The summed E-state index contributed by atoms with van der Waals surface area (Å²) < 4.78 is 10.7. The zero-order chi connectivity index (χ0) is 18.6. The van der Waals surface area contributed by atoms with Gasteiger partial charge in [-0.3, -0.25) is 14.4 Å². The highest BCUT2D eigenvalue weighted by atomic mass is 16.6. The van der Waals surface area contributed by atoms with Crippen molar-refractivity contribution in [2.45, 2.75) is 46.6 Å². The molecule has 25 heavy (non-hydrogen) atoms. The SMILES string of the molecule is CCOC(=O)[C@]12C(=O)OC(C)(C)[C@H]1[C@@]2(CC)C(=O)c1ccc(C)cc1. The smallest absolute Gasteiger partial charge is 0.325 e. The summed E-state index contributed by atoms with van der Waals surface area (Å²) >= 11 is 0. The fraction of sp³-hybridized carbons (Fsp3) is 0.550. The largest absolute Gasteiger partial charge is 0.465 e. The molecular formula is C20H24O5. The summed E-state index contributed by atoms with van der Waals surface area (Å²) in [5.41, 5.74) is -1.97. The van der Waals surface area contributed by atoms with Crippen LogP contribution in [0.2, 0.25) is 0 Å². The van der Waals surface area contributed by atoms with E-state index >= 15 is 0 Å². The third kappa shape index (κ3) is 1.98. The van der Waals surface area contributed by atoms with Gasteiger partial charge in [-0.15, -0.1) is 0 Å². The number of benzene rings is 1. The van der Waals surface area contributed by atoms with Gasteiger partial charge in [-0.25, -0.2) is 0 Å². The van der Waals surface area contributed by atoms with Gasteiger partial charge in [0.1, 0.15) is 5.60 Å². The maximum absolute atomic E-state index is 13.4. The minimum Gasteiger partial charge on any atom is -0.465 e. The van der Waals surface area contributed by atoms with Gasteiger partial charge in [-0.2, -0.15) is 0 Å². The molecule has 2 fully saturated rings. The predicted octanol–water partition coefficient (Wildman–Crippen LogP) is 3.09. The molecule has 1 aromatic carbocycles. The molecule has 1 aromatic rings. The van der Waals surface area contributed by atoms with E-state index in [0.717, 1.165) is 5.56 Å². The third-order valence-electron chi connectivity index (χ3n) is 5.79. The summed E-state index contributed by atoms with van der Waals surface area (Å²) in [7, 11) is 0. The highest BCUT2D eigenvalue weighted by Gasteiger charge is 2.95. The van der Waals surface area contributed by atoms with Gasteiger partial charge < -0.3 is 9.47 Å². The summed E-state index contributed by atoms with van der Waals surface area (Å²) in [5, 5.41) is 0. The lowest BCUT2D eigenvalue weighted by molar-refractivity contribution is -0.166. The molecule has 5 heteroatoms. The first kappa shape index (κ1) is 17.6. The number of cyclic esters (lactones) is 1. The van der Waals surface area contributed by atoms with Crippen LogP contribution >= 0.6 is 0 Å². The number of carbonyl (C=O) groups excluding carboxylic acids is 3. The van der Waals surface area contributed by atoms with Crippen molar-refractivity contribution in [1.29, 1.82) is 0 Å². The second-order valence-corrected chi connectivity index (χ2v) is 7.47. The first-order valence-electron chi connectivity index (χ1n) is 8.72. The molecule has 0 unspecified atom stereocenters. The van der Waals surface area contributed by atoms with Crippen molar-refractivity contribution in [3.05, 3.63) is 35.4 Å². The third-order valence-corrected chi connectivity index (χ3v) is 5.79. The van der Waals surface area contributed by atoms with Gasteiger partial charge in [0.15, 0.2) is 11.2 Å². The average molecular weight is 344 g/mol. The summed E-state index contributed by atoms with van der Waals surface area (Å²) in [6, 6.07) is 7.21. The van der Waals surface area contributed by atoms with Crippen LogP contribution in [-0.2, 0) is 19.1 Å². The number of rotatable bonds is 5. The highest BCUT2D eigenvalue weighted by molar-refractivity contribution is 6.19. The number of hydrogen-bond acceptors (Lipinski definition) is 5. The standard InChI is InChI=1S/C20H24O5/c1-6-19(14(21)13-10-8-12(3)9-11-13)15-18(4,5)25-17(23)20(15,19)16(22)24-7-2/h8-11,15H,6-7H2,1-5H3/t15-,19+,20-/m0/s1. The molecule has 5 nitrogen and oxygen atoms in total. The topological polar surface area (TPSA) is 69.7 Å². The van der Waals surface area contributed by atoms with E-state index in [2.05, 4.69) is 0 Å². The van der Waals surface area contributed by atoms with Crippen molar-refractivity contribution in [3.63, 3.8) is 0 Å². The molecule has 0 spiro atoms. The number of ketones is 1. The summed E-state index contributed by atoms with van der Waals surface area (Å²) in [4.78, 5) is 39.0. The van der Waals surface area contributed by atoms with Gasteiger partial charge in [0.05, 0.1) is 12.0 Å². The van der Waals surface area contributed by atoms with Crippen molar-refractivity contribution < 1.29 is 23.9 Å². The number of Topliss-reactive ketones (excluding diaryl/α,β-unsaturated/α-hetero) is 1. The van der Waals surface area contributed by atoms with Gasteiger partial charge in [0, 0.05) is 11.5 Å². The van der Waals surface area contributed by atoms with Crippen molar-refractivity contribution in [3.8, 4) is 0 Å². The van der Waals surface area contributed by atoms with E-state index in [4.69, 9.17) is 9.47 Å². The van der Waals surface area contributed by atoms with Crippen LogP contribution < -0.4 is 0 Å². The van der Waals surface area contributed by atoms with E-state index in [0.29, 0.717) is 12.0 Å². The maximum atomic E-state index is 13.4. The summed E-state index contributed by atoms with van der Waals surface area (Å²) in [5.74, 6) is -1.98. The Labute approximate surface area is 147 Å². The van der Waals surface area contributed by atoms with E-state index in [1.165, 1.54) is 0 Å². The Morgan fingerprint density at radius 2 is 1.76 bits per heavy atom.